The van der Waals surface area contributed by atoms with Gasteiger partial charge in [-0.15, -0.1) is 0 Å². The zero-order chi connectivity index (χ0) is 13.1. The van der Waals surface area contributed by atoms with E-state index in [0.29, 0.717) is 13.0 Å². The highest BCUT2D eigenvalue weighted by Gasteiger charge is 2.30. The average Bonchev–Trinajstić information content (AvgIpc) is 2.37. The molecule has 0 spiro atoms. The van der Waals surface area contributed by atoms with Crippen LogP contribution in [0.1, 0.15) is 19.8 Å². The number of benzene rings is 1. The van der Waals surface area contributed by atoms with Gasteiger partial charge in [0.05, 0.1) is 11.4 Å². The Kier molecular flexibility index (Phi) is 4.24. The fraction of sp³-hybridized carbons (Fsp3) is 0.462. The van der Waals surface area contributed by atoms with Gasteiger partial charge >= 0.3 is 0 Å². The first-order chi connectivity index (χ1) is 8.67. The molecular formula is C13H17BrN2O2. The number of carbonyl (C=O) groups excluding carboxylic acids is 1. The van der Waals surface area contributed by atoms with E-state index in [1.807, 2.05) is 25.1 Å². The van der Waals surface area contributed by atoms with Gasteiger partial charge in [-0.3, -0.25) is 4.79 Å². The lowest BCUT2D eigenvalue weighted by Crippen LogP contribution is -2.47. The van der Waals surface area contributed by atoms with Crippen molar-refractivity contribution in [3.05, 3.63) is 22.7 Å². The maximum absolute atomic E-state index is 12.3. The monoisotopic (exact) mass is 312 g/mol. The summed E-state index contributed by atoms with van der Waals surface area (Å²) in [6.07, 6.45) is 1.35. The van der Waals surface area contributed by atoms with E-state index in [1.54, 1.807) is 4.90 Å². The van der Waals surface area contributed by atoms with Crippen molar-refractivity contribution >= 4 is 33.2 Å². The van der Waals surface area contributed by atoms with Gasteiger partial charge in [0.2, 0.25) is 5.91 Å². The number of aliphatic hydroxyl groups excluding tert-OH is 1. The van der Waals surface area contributed by atoms with Crippen molar-refractivity contribution < 1.29 is 9.90 Å². The zero-order valence-corrected chi connectivity index (χ0v) is 11.9. The molecule has 0 radical (unpaired) electrons. The summed E-state index contributed by atoms with van der Waals surface area (Å²) in [5.41, 5.74) is 1.86. The smallest absolute Gasteiger partial charge is 0.249 e. The maximum Gasteiger partial charge on any atom is 0.249 e. The fourth-order valence-electron chi connectivity index (χ4n) is 2.15. The van der Waals surface area contributed by atoms with Crippen LogP contribution in [0.2, 0.25) is 0 Å². The zero-order valence-electron chi connectivity index (χ0n) is 10.3. The normalized spacial score (nSPS) is 18.5. The van der Waals surface area contributed by atoms with E-state index in [1.165, 1.54) is 0 Å². The number of aliphatic hydroxyl groups is 1. The highest BCUT2D eigenvalue weighted by molar-refractivity contribution is 9.10. The molecule has 2 N–H and O–H groups in total. The van der Waals surface area contributed by atoms with Crippen molar-refractivity contribution in [2.45, 2.75) is 25.8 Å². The maximum atomic E-state index is 12.3. The van der Waals surface area contributed by atoms with Gasteiger partial charge in [0.25, 0.3) is 0 Å². The third kappa shape index (κ3) is 2.52. The Morgan fingerprint density at radius 3 is 2.94 bits per heavy atom. The average molecular weight is 313 g/mol. The van der Waals surface area contributed by atoms with Gasteiger partial charge in [-0.2, -0.15) is 0 Å². The molecule has 1 aliphatic rings. The number of nitrogens with zero attached hydrogens (tertiary/aromatic N) is 1. The second-order valence-corrected chi connectivity index (χ2v) is 5.25. The minimum absolute atomic E-state index is 0.0840. The highest BCUT2D eigenvalue weighted by Crippen LogP contribution is 2.34. The summed E-state index contributed by atoms with van der Waals surface area (Å²) in [6.45, 7) is 2.64. The van der Waals surface area contributed by atoms with Crippen LogP contribution in [0.4, 0.5) is 11.4 Å². The molecule has 1 heterocycles. The number of amides is 1. The standard InChI is InChI=1S/C13H17BrN2O2/c1-2-10-13(18)16(6-3-7-17)12-5-4-9(14)8-11(12)15-10/h4-5,8,10,15,17H,2-3,6-7H2,1H3. The summed E-state index contributed by atoms with van der Waals surface area (Å²) in [7, 11) is 0. The van der Waals surface area contributed by atoms with Crippen LogP contribution in [0.15, 0.2) is 22.7 Å². The Hall–Kier alpha value is -1.07. The summed E-state index contributed by atoms with van der Waals surface area (Å²) in [5, 5.41) is 12.2. The van der Waals surface area contributed by atoms with Gasteiger partial charge < -0.3 is 15.3 Å². The molecule has 18 heavy (non-hydrogen) atoms. The molecule has 1 aromatic carbocycles. The van der Waals surface area contributed by atoms with Crippen LogP contribution in [-0.4, -0.2) is 30.2 Å². The summed E-state index contributed by atoms with van der Waals surface area (Å²) < 4.78 is 0.986. The summed E-state index contributed by atoms with van der Waals surface area (Å²) in [4.78, 5) is 14.0. The molecule has 0 bridgehead atoms. The summed E-state index contributed by atoms with van der Waals surface area (Å²) in [6, 6.07) is 5.65. The molecule has 4 nitrogen and oxygen atoms in total. The van der Waals surface area contributed by atoms with E-state index in [-0.39, 0.29) is 18.6 Å². The van der Waals surface area contributed by atoms with E-state index in [9.17, 15) is 4.79 Å². The molecule has 1 aliphatic heterocycles. The summed E-state index contributed by atoms with van der Waals surface area (Å²) in [5.74, 6) is 0.0840. The topological polar surface area (TPSA) is 52.6 Å². The molecule has 0 fully saturated rings. The van der Waals surface area contributed by atoms with Crippen molar-refractivity contribution in [3.8, 4) is 0 Å². The van der Waals surface area contributed by atoms with Crippen molar-refractivity contribution in [2.75, 3.05) is 23.4 Å². The Bertz CT molecular complexity index is 451. The van der Waals surface area contributed by atoms with Gasteiger partial charge in [-0.1, -0.05) is 22.9 Å². The van der Waals surface area contributed by atoms with Crippen molar-refractivity contribution in [1.29, 1.82) is 0 Å². The number of nitrogens with one attached hydrogen (secondary N) is 1. The lowest BCUT2D eigenvalue weighted by molar-refractivity contribution is -0.119. The first kappa shape index (κ1) is 13.4. The lowest BCUT2D eigenvalue weighted by Gasteiger charge is -2.35. The van der Waals surface area contributed by atoms with Crippen LogP contribution in [0, 0.1) is 0 Å². The van der Waals surface area contributed by atoms with E-state index >= 15 is 0 Å². The van der Waals surface area contributed by atoms with E-state index in [2.05, 4.69) is 21.2 Å². The second-order valence-electron chi connectivity index (χ2n) is 4.33. The van der Waals surface area contributed by atoms with E-state index < -0.39 is 0 Å². The molecule has 1 atom stereocenters. The van der Waals surface area contributed by atoms with Crippen LogP contribution < -0.4 is 10.2 Å². The number of carbonyl (C=O) groups is 1. The number of hydrogen-bond acceptors (Lipinski definition) is 3. The number of fused-ring (bicyclic) bond motifs is 1. The van der Waals surface area contributed by atoms with Gasteiger partial charge in [0, 0.05) is 17.6 Å². The largest absolute Gasteiger partial charge is 0.396 e. The van der Waals surface area contributed by atoms with Crippen LogP contribution in [-0.2, 0) is 4.79 Å². The molecule has 1 aromatic rings. The molecule has 2 rings (SSSR count). The molecular weight excluding hydrogens is 296 g/mol. The third-order valence-electron chi connectivity index (χ3n) is 3.09. The molecule has 0 aliphatic carbocycles. The number of hydrogen-bond donors (Lipinski definition) is 2. The van der Waals surface area contributed by atoms with Gasteiger partial charge in [-0.25, -0.2) is 0 Å². The van der Waals surface area contributed by atoms with Gasteiger partial charge in [0.15, 0.2) is 0 Å². The van der Waals surface area contributed by atoms with E-state index in [4.69, 9.17) is 5.11 Å². The first-order valence-electron chi connectivity index (χ1n) is 6.15. The number of halogens is 1. The molecule has 1 amide bonds. The fourth-order valence-corrected chi connectivity index (χ4v) is 2.51. The van der Waals surface area contributed by atoms with Crippen LogP contribution >= 0.6 is 15.9 Å². The van der Waals surface area contributed by atoms with Crippen LogP contribution in [0.5, 0.6) is 0 Å². The van der Waals surface area contributed by atoms with E-state index in [0.717, 1.165) is 22.3 Å². The van der Waals surface area contributed by atoms with Crippen molar-refractivity contribution in [1.82, 2.24) is 0 Å². The first-order valence-corrected chi connectivity index (χ1v) is 6.95. The third-order valence-corrected chi connectivity index (χ3v) is 3.58. The van der Waals surface area contributed by atoms with Gasteiger partial charge in [0.1, 0.15) is 6.04 Å². The van der Waals surface area contributed by atoms with Crippen molar-refractivity contribution in [3.63, 3.8) is 0 Å². The molecule has 1 unspecified atom stereocenters. The molecule has 98 valence electrons. The SMILES string of the molecule is CCC1Nc2cc(Br)ccc2N(CCCO)C1=O. The number of anilines is 2. The Morgan fingerprint density at radius 2 is 2.28 bits per heavy atom. The molecule has 5 heteroatoms. The Labute approximate surface area is 115 Å². The molecule has 0 saturated heterocycles. The Morgan fingerprint density at radius 1 is 1.50 bits per heavy atom. The predicted molar refractivity (Wildman–Crippen MR) is 75.9 cm³/mol. The Balaban J connectivity index is 2.35. The predicted octanol–water partition coefficient (Wildman–Crippen LogP) is 2.37. The van der Waals surface area contributed by atoms with Crippen molar-refractivity contribution in [2.24, 2.45) is 0 Å². The van der Waals surface area contributed by atoms with Crippen LogP contribution in [0.25, 0.3) is 0 Å². The minimum Gasteiger partial charge on any atom is -0.396 e. The second kappa shape index (κ2) is 5.71. The van der Waals surface area contributed by atoms with Crippen LogP contribution in [0.3, 0.4) is 0 Å². The highest BCUT2D eigenvalue weighted by atomic mass is 79.9. The van der Waals surface area contributed by atoms with Gasteiger partial charge in [-0.05, 0) is 31.0 Å². The molecule has 0 saturated carbocycles. The minimum atomic E-state index is -0.175. The quantitative estimate of drug-likeness (QED) is 0.897. The summed E-state index contributed by atoms with van der Waals surface area (Å²) >= 11 is 3.44. The number of rotatable bonds is 4. The lowest BCUT2D eigenvalue weighted by atomic mass is 10.1. The molecule has 0 aromatic heterocycles.